The zero-order chi connectivity index (χ0) is 27.6. The monoisotopic (exact) mass is 527 g/mol. The summed E-state index contributed by atoms with van der Waals surface area (Å²) in [6.07, 6.45) is 4.28. The maximum Gasteiger partial charge on any atom is 0.410 e. The number of hydrogen-bond donors (Lipinski definition) is 2. The van der Waals surface area contributed by atoms with E-state index in [0.29, 0.717) is 35.9 Å². The van der Waals surface area contributed by atoms with Crippen molar-refractivity contribution in [3.63, 3.8) is 0 Å². The van der Waals surface area contributed by atoms with Gasteiger partial charge in [-0.2, -0.15) is 4.98 Å². The summed E-state index contributed by atoms with van der Waals surface area (Å²) in [6, 6.07) is 16.9. The molecule has 0 bridgehead atoms. The van der Waals surface area contributed by atoms with Crippen LogP contribution in [-0.2, 0) is 9.53 Å². The Bertz CT molecular complexity index is 1480. The van der Waals surface area contributed by atoms with Gasteiger partial charge in [-0.15, -0.1) is 0 Å². The van der Waals surface area contributed by atoms with Crippen molar-refractivity contribution in [2.45, 2.75) is 58.2 Å². The summed E-state index contributed by atoms with van der Waals surface area (Å²) in [7, 11) is 0. The number of carbonyl (C=O) groups is 2. The summed E-state index contributed by atoms with van der Waals surface area (Å²) >= 11 is 0. The first-order chi connectivity index (χ1) is 18.7. The molecule has 0 radical (unpaired) electrons. The fourth-order valence-corrected chi connectivity index (χ4v) is 4.65. The molecule has 4 aromatic rings. The summed E-state index contributed by atoms with van der Waals surface area (Å²) < 4.78 is 7.36. The second-order valence-corrected chi connectivity index (χ2v) is 10.7. The molecule has 0 aliphatic carbocycles. The van der Waals surface area contributed by atoms with Gasteiger partial charge in [-0.3, -0.25) is 14.3 Å². The summed E-state index contributed by atoms with van der Waals surface area (Å²) in [5.74, 6) is 0.947. The van der Waals surface area contributed by atoms with E-state index < -0.39 is 17.7 Å². The van der Waals surface area contributed by atoms with Crippen molar-refractivity contribution < 1.29 is 14.3 Å². The molecule has 2 atom stereocenters. The Balaban J connectivity index is 1.30. The molecule has 2 N–H and O–H groups in total. The van der Waals surface area contributed by atoms with E-state index in [1.807, 2.05) is 67.8 Å². The highest BCUT2D eigenvalue weighted by molar-refractivity contribution is 5.98. The molecular formula is C29H33N7O3. The summed E-state index contributed by atoms with van der Waals surface area (Å²) in [6.45, 7) is 8.00. The lowest BCUT2D eigenvalue weighted by atomic mass is 10.1. The van der Waals surface area contributed by atoms with Crippen LogP contribution in [0.4, 0.5) is 16.4 Å². The van der Waals surface area contributed by atoms with Gasteiger partial charge < -0.3 is 15.4 Å². The molecule has 1 aliphatic rings. The van der Waals surface area contributed by atoms with E-state index in [4.69, 9.17) is 4.74 Å². The first kappa shape index (κ1) is 26.1. The number of imidazole rings is 1. The highest BCUT2D eigenvalue weighted by atomic mass is 16.6. The van der Waals surface area contributed by atoms with Gasteiger partial charge in [-0.1, -0.05) is 30.3 Å². The summed E-state index contributed by atoms with van der Waals surface area (Å²) in [5, 5.41) is 6.30. The Labute approximate surface area is 227 Å². The normalized spacial score (nSPS) is 16.2. The minimum Gasteiger partial charge on any atom is -0.444 e. The molecule has 2 aromatic heterocycles. The first-order valence-electron chi connectivity index (χ1n) is 13.1. The number of nitrogens with one attached hydrogen (secondary N) is 2. The minimum absolute atomic E-state index is 0.0401. The fraction of sp³-hybridized carbons (Fsp3) is 0.345. The lowest BCUT2D eigenvalue weighted by Crippen LogP contribution is -2.45. The van der Waals surface area contributed by atoms with Crippen LogP contribution in [0.15, 0.2) is 67.1 Å². The number of likely N-dealkylation sites (tertiary alicyclic amines) is 1. The lowest BCUT2D eigenvalue weighted by Gasteiger charge is -2.28. The van der Waals surface area contributed by atoms with Crippen LogP contribution in [0.2, 0.25) is 0 Å². The molecule has 3 heterocycles. The maximum atomic E-state index is 13.1. The Morgan fingerprint density at radius 2 is 1.87 bits per heavy atom. The van der Waals surface area contributed by atoms with Crippen LogP contribution in [0.1, 0.15) is 52.1 Å². The molecule has 202 valence electrons. The molecule has 1 saturated heterocycles. The predicted molar refractivity (Wildman–Crippen MR) is 150 cm³/mol. The van der Waals surface area contributed by atoms with Gasteiger partial charge in [0.15, 0.2) is 0 Å². The predicted octanol–water partition coefficient (Wildman–Crippen LogP) is 5.33. The number of nitrogens with zero attached hydrogens (tertiary/aromatic N) is 5. The van der Waals surface area contributed by atoms with E-state index in [9.17, 15) is 9.59 Å². The molecule has 1 aliphatic heterocycles. The van der Waals surface area contributed by atoms with Gasteiger partial charge in [0.05, 0.1) is 17.1 Å². The van der Waals surface area contributed by atoms with Gasteiger partial charge in [-0.25, -0.2) is 14.8 Å². The van der Waals surface area contributed by atoms with Crippen molar-refractivity contribution in [2.75, 3.05) is 17.2 Å². The highest BCUT2D eigenvalue weighted by Gasteiger charge is 2.36. The molecular weight excluding hydrogens is 494 g/mol. The molecule has 2 amide bonds. The van der Waals surface area contributed by atoms with Crippen LogP contribution in [0.5, 0.6) is 0 Å². The summed E-state index contributed by atoms with van der Waals surface area (Å²) in [4.78, 5) is 40.8. The molecule has 0 saturated carbocycles. The zero-order valence-electron chi connectivity index (χ0n) is 22.6. The Morgan fingerprint density at radius 1 is 1.08 bits per heavy atom. The molecule has 39 heavy (non-hydrogen) atoms. The number of fused-ring (bicyclic) bond motifs is 1. The van der Waals surface area contributed by atoms with Gasteiger partial charge in [0.25, 0.3) is 0 Å². The van der Waals surface area contributed by atoms with Crippen molar-refractivity contribution in [3.05, 3.63) is 72.7 Å². The van der Waals surface area contributed by atoms with Gasteiger partial charge in [0, 0.05) is 18.4 Å². The summed E-state index contributed by atoms with van der Waals surface area (Å²) in [5.41, 5.74) is 2.67. The molecule has 2 aromatic carbocycles. The largest absolute Gasteiger partial charge is 0.444 e. The number of benzene rings is 2. The third-order valence-corrected chi connectivity index (χ3v) is 6.53. The Kier molecular flexibility index (Phi) is 7.19. The fourth-order valence-electron chi connectivity index (χ4n) is 4.65. The van der Waals surface area contributed by atoms with Crippen LogP contribution in [-0.4, -0.2) is 54.6 Å². The van der Waals surface area contributed by atoms with Crippen molar-refractivity contribution >= 4 is 34.7 Å². The minimum atomic E-state index is -0.620. The molecule has 0 spiro atoms. The van der Waals surface area contributed by atoms with Crippen LogP contribution in [0.25, 0.3) is 16.9 Å². The van der Waals surface area contributed by atoms with Gasteiger partial charge in [-0.05, 0) is 70.4 Å². The third-order valence-electron chi connectivity index (χ3n) is 6.53. The quantitative estimate of drug-likeness (QED) is 0.348. The number of hydrogen-bond acceptors (Lipinski definition) is 7. The van der Waals surface area contributed by atoms with E-state index in [2.05, 4.69) is 44.6 Å². The van der Waals surface area contributed by atoms with Gasteiger partial charge >= 0.3 is 6.09 Å². The number of amides is 2. The molecule has 1 fully saturated rings. The van der Waals surface area contributed by atoms with Crippen LogP contribution >= 0.6 is 0 Å². The van der Waals surface area contributed by atoms with E-state index in [1.54, 1.807) is 12.5 Å². The van der Waals surface area contributed by atoms with E-state index >= 15 is 0 Å². The molecule has 10 nitrogen and oxygen atoms in total. The second kappa shape index (κ2) is 10.7. The topological polar surface area (TPSA) is 114 Å². The van der Waals surface area contributed by atoms with Crippen molar-refractivity contribution in [1.29, 1.82) is 0 Å². The maximum absolute atomic E-state index is 13.1. The van der Waals surface area contributed by atoms with Crippen molar-refractivity contribution in [1.82, 2.24) is 24.4 Å². The SMILES string of the molecule is C[C@H](Nc1nccc(-n2cnc3cc(NC(=O)[C@H]4CCCN4C(=O)OC(C)(C)C)ccc32)n1)c1ccccc1. The molecule has 0 unspecified atom stereocenters. The third kappa shape index (κ3) is 6.00. The Hall–Kier alpha value is -4.47. The average molecular weight is 528 g/mol. The number of aromatic nitrogens is 4. The molecule has 10 heteroatoms. The van der Waals surface area contributed by atoms with Gasteiger partial charge in [0.1, 0.15) is 23.8 Å². The van der Waals surface area contributed by atoms with Crippen LogP contribution < -0.4 is 10.6 Å². The highest BCUT2D eigenvalue weighted by Crippen LogP contribution is 2.25. The zero-order valence-corrected chi connectivity index (χ0v) is 22.6. The average Bonchev–Trinajstić information content (AvgIpc) is 3.56. The van der Waals surface area contributed by atoms with Gasteiger partial charge in [0.2, 0.25) is 11.9 Å². The second-order valence-electron chi connectivity index (χ2n) is 10.7. The van der Waals surface area contributed by atoms with Crippen LogP contribution in [0.3, 0.4) is 0 Å². The molecule has 5 rings (SSSR count). The Morgan fingerprint density at radius 3 is 2.64 bits per heavy atom. The number of ether oxygens (including phenoxy) is 1. The lowest BCUT2D eigenvalue weighted by molar-refractivity contribution is -0.120. The van der Waals surface area contributed by atoms with Crippen molar-refractivity contribution in [3.8, 4) is 5.82 Å². The van der Waals surface area contributed by atoms with E-state index in [0.717, 1.165) is 17.5 Å². The standard InChI is InChI=1S/C29H33N7O3/c1-19(20-9-6-5-7-10-20)32-27-30-15-14-25(34-27)36-18-31-22-17-21(12-13-23(22)36)33-26(37)24-11-8-16-35(24)28(38)39-29(2,3)4/h5-7,9-10,12-15,17-19,24H,8,11,16H2,1-4H3,(H,33,37)(H,30,32,34)/t19-,24+/m0/s1. The van der Waals surface area contributed by atoms with Crippen LogP contribution in [0, 0.1) is 0 Å². The number of anilines is 2. The smallest absolute Gasteiger partial charge is 0.410 e. The first-order valence-corrected chi connectivity index (χ1v) is 13.1. The van der Waals surface area contributed by atoms with E-state index in [-0.39, 0.29) is 11.9 Å². The van der Waals surface area contributed by atoms with E-state index in [1.165, 1.54) is 4.90 Å². The van der Waals surface area contributed by atoms with Crippen molar-refractivity contribution in [2.24, 2.45) is 0 Å². The number of rotatable bonds is 6. The number of carbonyl (C=O) groups excluding carboxylic acids is 2.